The first kappa shape index (κ1) is 13.8. The first-order valence-electron chi connectivity index (χ1n) is 5.32. The molecular formula is C12H10BrClN4O. The van der Waals surface area contributed by atoms with Crippen molar-refractivity contribution >= 4 is 44.9 Å². The maximum absolute atomic E-state index is 12.1. The largest absolute Gasteiger partial charge is 0.397 e. The fourth-order valence-electron chi connectivity index (χ4n) is 1.48. The van der Waals surface area contributed by atoms with Gasteiger partial charge >= 0.3 is 0 Å². The van der Waals surface area contributed by atoms with E-state index >= 15 is 0 Å². The molecule has 0 aromatic carbocycles. The molecule has 1 amide bonds. The van der Waals surface area contributed by atoms with Crippen LogP contribution >= 0.6 is 27.5 Å². The normalized spacial score (nSPS) is 10.3. The van der Waals surface area contributed by atoms with E-state index in [9.17, 15) is 4.79 Å². The summed E-state index contributed by atoms with van der Waals surface area (Å²) in [6, 6.07) is 3.27. The molecule has 0 aliphatic heterocycles. The SMILES string of the molecule is Cc1cc(Br)cnc1NC(=O)c1cc(Cl)ncc1N. The Kier molecular flexibility index (Phi) is 4.01. The Bertz CT molecular complexity index is 648. The molecule has 98 valence electrons. The first-order chi connectivity index (χ1) is 8.97. The summed E-state index contributed by atoms with van der Waals surface area (Å²) in [6.45, 7) is 1.84. The van der Waals surface area contributed by atoms with Gasteiger partial charge in [-0.2, -0.15) is 0 Å². The highest BCUT2D eigenvalue weighted by atomic mass is 79.9. The monoisotopic (exact) mass is 340 g/mol. The van der Waals surface area contributed by atoms with E-state index in [1.165, 1.54) is 12.3 Å². The van der Waals surface area contributed by atoms with Crippen LogP contribution in [0, 0.1) is 6.92 Å². The van der Waals surface area contributed by atoms with E-state index in [1.54, 1.807) is 6.20 Å². The number of nitrogens with zero attached hydrogens (tertiary/aromatic N) is 2. The van der Waals surface area contributed by atoms with Gasteiger partial charge in [-0.1, -0.05) is 11.6 Å². The van der Waals surface area contributed by atoms with E-state index in [0.29, 0.717) is 5.82 Å². The van der Waals surface area contributed by atoms with E-state index < -0.39 is 0 Å². The van der Waals surface area contributed by atoms with E-state index in [0.717, 1.165) is 10.0 Å². The lowest BCUT2D eigenvalue weighted by molar-refractivity contribution is 0.102. The van der Waals surface area contributed by atoms with Crippen LogP contribution in [-0.2, 0) is 0 Å². The topological polar surface area (TPSA) is 80.9 Å². The van der Waals surface area contributed by atoms with Gasteiger partial charge in [0.05, 0.1) is 17.4 Å². The molecule has 2 heterocycles. The molecular weight excluding hydrogens is 332 g/mol. The van der Waals surface area contributed by atoms with Crippen LogP contribution in [0.2, 0.25) is 5.15 Å². The highest BCUT2D eigenvalue weighted by Gasteiger charge is 2.13. The van der Waals surface area contributed by atoms with E-state index in [4.69, 9.17) is 17.3 Å². The lowest BCUT2D eigenvalue weighted by atomic mass is 10.2. The maximum Gasteiger partial charge on any atom is 0.259 e. The summed E-state index contributed by atoms with van der Waals surface area (Å²) in [5.41, 5.74) is 7.06. The number of hydrogen-bond donors (Lipinski definition) is 2. The fourth-order valence-corrected chi connectivity index (χ4v) is 2.09. The number of rotatable bonds is 2. The van der Waals surface area contributed by atoms with E-state index in [1.807, 2.05) is 13.0 Å². The molecule has 0 radical (unpaired) electrons. The molecule has 19 heavy (non-hydrogen) atoms. The summed E-state index contributed by atoms with van der Waals surface area (Å²) in [5.74, 6) is 0.0975. The van der Waals surface area contributed by atoms with Crippen molar-refractivity contribution in [3.05, 3.63) is 45.3 Å². The summed E-state index contributed by atoms with van der Waals surface area (Å²) in [6.07, 6.45) is 2.95. The van der Waals surface area contributed by atoms with Crippen molar-refractivity contribution in [3.63, 3.8) is 0 Å². The number of carbonyl (C=O) groups is 1. The number of halogens is 2. The quantitative estimate of drug-likeness (QED) is 0.823. The minimum Gasteiger partial charge on any atom is -0.397 e. The molecule has 0 aliphatic rings. The van der Waals surface area contributed by atoms with Gasteiger partial charge in [0.15, 0.2) is 0 Å². The molecule has 3 N–H and O–H groups in total. The van der Waals surface area contributed by atoms with Crippen molar-refractivity contribution in [2.24, 2.45) is 0 Å². The molecule has 0 unspecified atom stereocenters. The summed E-state index contributed by atoms with van der Waals surface area (Å²) in [4.78, 5) is 20.0. The van der Waals surface area contributed by atoms with Gasteiger partial charge < -0.3 is 11.1 Å². The molecule has 2 rings (SSSR count). The Balaban J connectivity index is 2.28. The van der Waals surface area contributed by atoms with Crippen molar-refractivity contribution in [3.8, 4) is 0 Å². The number of amides is 1. The van der Waals surface area contributed by atoms with Gasteiger partial charge in [-0.15, -0.1) is 0 Å². The average molecular weight is 342 g/mol. The lowest BCUT2D eigenvalue weighted by Gasteiger charge is -2.09. The van der Waals surface area contributed by atoms with Crippen LogP contribution in [0.3, 0.4) is 0 Å². The second-order valence-electron chi connectivity index (χ2n) is 3.87. The van der Waals surface area contributed by atoms with E-state index in [-0.39, 0.29) is 22.3 Å². The third kappa shape index (κ3) is 3.21. The zero-order chi connectivity index (χ0) is 14.0. The molecule has 0 fully saturated rings. The Morgan fingerprint density at radius 1 is 1.37 bits per heavy atom. The van der Waals surface area contributed by atoms with E-state index in [2.05, 4.69) is 31.2 Å². The Hall–Kier alpha value is -1.66. The van der Waals surface area contributed by atoms with Crippen LogP contribution in [0.5, 0.6) is 0 Å². The van der Waals surface area contributed by atoms with Crippen molar-refractivity contribution in [2.45, 2.75) is 6.92 Å². The molecule has 0 saturated carbocycles. The van der Waals surface area contributed by atoms with Gasteiger partial charge in [-0.3, -0.25) is 4.79 Å². The third-order valence-corrected chi connectivity index (χ3v) is 3.06. The summed E-state index contributed by atoms with van der Waals surface area (Å²) >= 11 is 9.06. The zero-order valence-electron chi connectivity index (χ0n) is 9.95. The van der Waals surface area contributed by atoms with Crippen LogP contribution in [-0.4, -0.2) is 15.9 Å². The van der Waals surface area contributed by atoms with Crippen LogP contribution in [0.15, 0.2) is 29.0 Å². The predicted octanol–water partition coefficient (Wildman–Crippen LogP) is 3.04. The van der Waals surface area contributed by atoms with Crippen molar-refractivity contribution < 1.29 is 4.79 Å². The third-order valence-electron chi connectivity index (χ3n) is 2.42. The van der Waals surface area contributed by atoms with Crippen molar-refractivity contribution in [1.29, 1.82) is 0 Å². The highest BCUT2D eigenvalue weighted by Crippen LogP contribution is 2.20. The van der Waals surface area contributed by atoms with Gasteiger partial charge in [0.25, 0.3) is 5.91 Å². The van der Waals surface area contributed by atoms with Gasteiger partial charge in [-0.25, -0.2) is 9.97 Å². The standard InChI is InChI=1S/C12H10BrClN4O/c1-6-2-7(13)4-17-11(6)18-12(19)8-3-10(14)16-5-9(8)15/h2-5H,15H2,1H3,(H,17,18,19). The zero-order valence-corrected chi connectivity index (χ0v) is 12.3. The number of pyridine rings is 2. The van der Waals surface area contributed by atoms with Gasteiger partial charge in [0, 0.05) is 10.7 Å². The van der Waals surface area contributed by atoms with Gasteiger partial charge in [-0.05, 0) is 40.5 Å². The minimum atomic E-state index is -0.375. The summed E-state index contributed by atoms with van der Waals surface area (Å²) in [7, 11) is 0. The molecule has 2 aromatic heterocycles. The molecule has 5 nitrogen and oxygen atoms in total. The van der Waals surface area contributed by atoms with Gasteiger partial charge in [0.1, 0.15) is 11.0 Å². The molecule has 2 aromatic rings. The Morgan fingerprint density at radius 3 is 2.79 bits per heavy atom. The van der Waals surface area contributed by atoms with Crippen LogP contribution in [0.25, 0.3) is 0 Å². The lowest BCUT2D eigenvalue weighted by Crippen LogP contribution is -2.16. The highest BCUT2D eigenvalue weighted by molar-refractivity contribution is 9.10. The predicted molar refractivity (Wildman–Crippen MR) is 78.3 cm³/mol. The summed E-state index contributed by atoms with van der Waals surface area (Å²) in [5, 5.41) is 2.89. The fraction of sp³-hybridized carbons (Fsp3) is 0.0833. The minimum absolute atomic E-state index is 0.208. The second-order valence-corrected chi connectivity index (χ2v) is 5.17. The Labute approximate surface area is 123 Å². The number of aryl methyl sites for hydroxylation is 1. The molecule has 7 heteroatoms. The number of nitrogens with one attached hydrogen (secondary N) is 1. The second kappa shape index (κ2) is 5.54. The number of carbonyl (C=O) groups excluding carboxylic acids is 1. The first-order valence-corrected chi connectivity index (χ1v) is 6.49. The van der Waals surface area contributed by atoms with Crippen LogP contribution in [0.4, 0.5) is 11.5 Å². The van der Waals surface area contributed by atoms with Crippen molar-refractivity contribution in [1.82, 2.24) is 9.97 Å². The molecule has 0 bridgehead atoms. The van der Waals surface area contributed by atoms with Crippen molar-refractivity contribution in [2.75, 3.05) is 11.1 Å². The Morgan fingerprint density at radius 2 is 2.11 bits per heavy atom. The average Bonchev–Trinajstić information content (AvgIpc) is 2.35. The van der Waals surface area contributed by atoms with Gasteiger partial charge in [0.2, 0.25) is 0 Å². The molecule has 0 atom stereocenters. The molecule has 0 saturated heterocycles. The number of aromatic nitrogens is 2. The van der Waals surface area contributed by atoms with Crippen LogP contribution in [0.1, 0.15) is 15.9 Å². The molecule has 0 aliphatic carbocycles. The number of hydrogen-bond acceptors (Lipinski definition) is 4. The van der Waals surface area contributed by atoms with Crippen LogP contribution < -0.4 is 11.1 Å². The number of nitrogens with two attached hydrogens (primary N) is 1. The molecule has 0 spiro atoms. The maximum atomic E-state index is 12.1. The number of anilines is 2. The number of nitrogen functional groups attached to an aromatic ring is 1. The summed E-state index contributed by atoms with van der Waals surface area (Å²) < 4.78 is 0.842. The smallest absolute Gasteiger partial charge is 0.259 e.